The Labute approximate surface area is 218 Å². The van der Waals surface area contributed by atoms with Crippen LogP contribution in [0.5, 0.6) is 0 Å². The molecule has 0 aliphatic heterocycles. The third-order valence-corrected chi connectivity index (χ3v) is 8.23. The normalized spacial score (nSPS) is 13.7. The zero-order valence-electron chi connectivity index (χ0n) is 21.4. The molecule has 15 heteroatoms. The molecular formula is C23H29F4N3O6S2. The number of sulfonamides is 1. The standard InChI is InChI=1S/C23H29F4N3O6S2/c1-6-15-13-17-18(21(31)28-4)19(14(3)9-10-16(24)7-2)36-22(17)29-20(15)30(37(5,32)33)11-8-12-38(34,35)23(25,26)27/h9-10,13H,6-8,11-12H2,1-5H3,(H,28,31). The topological polar surface area (TPSA) is 127 Å². The van der Waals surface area contributed by atoms with Crippen molar-refractivity contribution in [2.24, 2.45) is 0 Å². The van der Waals surface area contributed by atoms with Crippen molar-refractivity contribution < 1.29 is 43.6 Å². The minimum absolute atomic E-state index is 0.0633. The van der Waals surface area contributed by atoms with E-state index >= 15 is 0 Å². The van der Waals surface area contributed by atoms with Crippen molar-refractivity contribution in [3.05, 3.63) is 40.9 Å². The molecule has 0 saturated carbocycles. The van der Waals surface area contributed by atoms with Gasteiger partial charge in [0.15, 0.2) is 0 Å². The number of hydrogen-bond acceptors (Lipinski definition) is 7. The molecule has 0 fully saturated rings. The van der Waals surface area contributed by atoms with E-state index in [1.807, 2.05) is 0 Å². The summed E-state index contributed by atoms with van der Waals surface area (Å²) in [5.74, 6) is -2.38. The van der Waals surface area contributed by atoms with Gasteiger partial charge in [-0.3, -0.25) is 9.10 Å². The number of pyridine rings is 1. The lowest BCUT2D eigenvalue weighted by Crippen LogP contribution is -2.35. The van der Waals surface area contributed by atoms with Crippen LogP contribution in [0.4, 0.5) is 23.4 Å². The van der Waals surface area contributed by atoms with Crippen molar-refractivity contribution in [3.8, 4) is 0 Å². The second kappa shape index (κ2) is 11.8. The Bertz CT molecular complexity index is 1480. The van der Waals surface area contributed by atoms with E-state index in [4.69, 9.17) is 4.42 Å². The van der Waals surface area contributed by atoms with Crippen molar-refractivity contribution in [2.45, 2.75) is 45.5 Å². The number of allylic oxidation sites excluding steroid dienone is 4. The molecule has 0 radical (unpaired) electrons. The van der Waals surface area contributed by atoms with Gasteiger partial charge in [0.05, 0.1) is 28.8 Å². The second-order valence-corrected chi connectivity index (χ2v) is 12.3. The van der Waals surface area contributed by atoms with Gasteiger partial charge in [0.25, 0.3) is 5.91 Å². The van der Waals surface area contributed by atoms with Crippen LogP contribution < -0.4 is 9.62 Å². The van der Waals surface area contributed by atoms with Crippen LogP contribution in [-0.2, 0) is 26.3 Å². The number of amides is 1. The summed E-state index contributed by atoms with van der Waals surface area (Å²) in [5.41, 5.74) is -4.83. The molecule has 2 aromatic rings. The Morgan fingerprint density at radius 3 is 2.32 bits per heavy atom. The third-order valence-electron chi connectivity index (χ3n) is 5.55. The van der Waals surface area contributed by atoms with Crippen molar-refractivity contribution in [3.63, 3.8) is 0 Å². The molecule has 212 valence electrons. The zero-order chi connectivity index (χ0) is 29.1. The number of aromatic nitrogens is 1. The number of nitrogens with zero attached hydrogens (tertiary/aromatic N) is 2. The number of nitrogens with one attached hydrogen (secondary N) is 1. The number of furan rings is 1. The van der Waals surface area contributed by atoms with Crippen LogP contribution in [0.25, 0.3) is 16.7 Å². The zero-order valence-corrected chi connectivity index (χ0v) is 23.1. The van der Waals surface area contributed by atoms with E-state index in [2.05, 4.69) is 10.3 Å². The summed E-state index contributed by atoms with van der Waals surface area (Å²) >= 11 is 0. The van der Waals surface area contributed by atoms with Crippen LogP contribution in [0, 0.1) is 0 Å². The summed E-state index contributed by atoms with van der Waals surface area (Å²) < 4.78 is 106. The van der Waals surface area contributed by atoms with Crippen LogP contribution in [-0.4, -0.2) is 58.8 Å². The summed E-state index contributed by atoms with van der Waals surface area (Å²) in [6, 6.07) is 1.48. The van der Waals surface area contributed by atoms with E-state index in [0.29, 0.717) is 15.4 Å². The average molecular weight is 584 g/mol. The summed E-state index contributed by atoms with van der Waals surface area (Å²) in [6.07, 6.45) is 3.14. The lowest BCUT2D eigenvalue weighted by Gasteiger charge is -2.23. The Balaban J connectivity index is 2.69. The number of halogens is 4. The van der Waals surface area contributed by atoms with Gasteiger partial charge in [0.1, 0.15) is 11.6 Å². The number of carbonyl (C=O) groups is 1. The monoisotopic (exact) mass is 583 g/mol. The number of carbonyl (C=O) groups excluding carboxylic acids is 1. The fourth-order valence-corrected chi connectivity index (χ4v) is 5.19. The minimum atomic E-state index is -5.46. The largest absolute Gasteiger partial charge is 0.497 e. The molecular weight excluding hydrogens is 554 g/mol. The molecule has 0 unspecified atom stereocenters. The first kappa shape index (κ1) is 31.3. The maximum atomic E-state index is 13.7. The van der Waals surface area contributed by atoms with Crippen molar-refractivity contribution >= 4 is 48.3 Å². The fraction of sp³-hybridized carbons (Fsp3) is 0.478. The van der Waals surface area contributed by atoms with E-state index in [9.17, 15) is 39.2 Å². The van der Waals surface area contributed by atoms with Gasteiger partial charge >= 0.3 is 5.51 Å². The van der Waals surface area contributed by atoms with Crippen LogP contribution in [0.1, 0.15) is 55.3 Å². The maximum absolute atomic E-state index is 13.7. The molecule has 0 aliphatic rings. The lowest BCUT2D eigenvalue weighted by atomic mass is 10.0. The highest BCUT2D eigenvalue weighted by Gasteiger charge is 2.45. The minimum Gasteiger partial charge on any atom is -0.437 e. The highest BCUT2D eigenvalue weighted by molar-refractivity contribution is 7.92. The number of aryl methyl sites for hydroxylation is 1. The Hall–Kier alpha value is -2.94. The first-order chi connectivity index (χ1) is 17.5. The SMILES string of the molecule is CCC(F)=CC=C(C)c1oc2nc(N(CCCS(=O)(=O)C(F)(F)F)S(C)(=O)=O)c(CC)cc2c1C(=O)NC. The van der Waals surface area contributed by atoms with Crippen LogP contribution >= 0.6 is 0 Å². The second-order valence-electron chi connectivity index (χ2n) is 8.33. The fourth-order valence-electron chi connectivity index (χ4n) is 3.51. The molecule has 0 spiro atoms. The number of anilines is 1. The van der Waals surface area contributed by atoms with Gasteiger partial charge < -0.3 is 9.73 Å². The summed E-state index contributed by atoms with van der Waals surface area (Å²) in [6.45, 7) is 4.27. The smallest absolute Gasteiger partial charge is 0.437 e. The van der Waals surface area contributed by atoms with Crippen molar-refractivity contribution in [2.75, 3.05) is 29.9 Å². The quantitative estimate of drug-likeness (QED) is 0.305. The van der Waals surface area contributed by atoms with Crippen molar-refractivity contribution in [1.82, 2.24) is 10.3 Å². The van der Waals surface area contributed by atoms with Crippen LogP contribution in [0.3, 0.4) is 0 Å². The van der Waals surface area contributed by atoms with Gasteiger partial charge in [-0.15, -0.1) is 0 Å². The predicted molar refractivity (Wildman–Crippen MR) is 137 cm³/mol. The van der Waals surface area contributed by atoms with Gasteiger partial charge in [-0.1, -0.05) is 19.9 Å². The summed E-state index contributed by atoms with van der Waals surface area (Å²) in [4.78, 5) is 17.0. The summed E-state index contributed by atoms with van der Waals surface area (Å²) in [7, 11) is -8.18. The lowest BCUT2D eigenvalue weighted by molar-refractivity contribution is -0.0435. The van der Waals surface area contributed by atoms with E-state index in [0.717, 1.165) is 6.26 Å². The molecule has 0 aliphatic carbocycles. The third kappa shape index (κ3) is 6.92. The number of fused-ring (bicyclic) bond motifs is 1. The number of rotatable bonds is 11. The highest BCUT2D eigenvalue weighted by atomic mass is 32.2. The number of alkyl halides is 3. The van der Waals surface area contributed by atoms with Crippen molar-refractivity contribution in [1.29, 1.82) is 0 Å². The Morgan fingerprint density at radius 1 is 1.18 bits per heavy atom. The molecule has 1 amide bonds. The molecule has 1 N–H and O–H groups in total. The predicted octanol–water partition coefficient (Wildman–Crippen LogP) is 4.51. The summed E-state index contributed by atoms with van der Waals surface area (Å²) in [5, 5.41) is 2.72. The van der Waals surface area contributed by atoms with Gasteiger partial charge in [-0.05, 0) is 49.5 Å². The first-order valence-electron chi connectivity index (χ1n) is 11.5. The maximum Gasteiger partial charge on any atom is 0.497 e. The highest BCUT2D eigenvalue weighted by Crippen LogP contribution is 2.34. The number of hydrogen-bond donors (Lipinski definition) is 1. The van der Waals surface area contributed by atoms with E-state index in [1.165, 1.54) is 25.3 Å². The first-order valence-corrected chi connectivity index (χ1v) is 15.0. The molecule has 2 heterocycles. The molecule has 0 bridgehead atoms. The number of sulfone groups is 1. The Kier molecular flexibility index (Phi) is 9.75. The van der Waals surface area contributed by atoms with E-state index in [1.54, 1.807) is 20.8 Å². The molecule has 0 aromatic carbocycles. The van der Waals surface area contributed by atoms with Crippen LogP contribution in [0.2, 0.25) is 0 Å². The molecule has 2 aromatic heterocycles. The molecule has 38 heavy (non-hydrogen) atoms. The molecule has 2 rings (SSSR count). The molecule has 0 saturated heterocycles. The molecule has 9 nitrogen and oxygen atoms in total. The average Bonchev–Trinajstić information content (AvgIpc) is 3.20. The van der Waals surface area contributed by atoms with Gasteiger partial charge in [-0.25, -0.2) is 21.2 Å². The molecule has 0 atom stereocenters. The van der Waals surface area contributed by atoms with E-state index < -0.39 is 55.8 Å². The van der Waals surface area contributed by atoms with Gasteiger partial charge in [-0.2, -0.15) is 18.2 Å². The van der Waals surface area contributed by atoms with Crippen LogP contribution in [0.15, 0.2) is 28.5 Å². The van der Waals surface area contributed by atoms with Gasteiger partial charge in [0, 0.05) is 13.6 Å². The Morgan fingerprint density at radius 2 is 1.82 bits per heavy atom. The van der Waals surface area contributed by atoms with E-state index in [-0.39, 0.29) is 41.1 Å². The van der Waals surface area contributed by atoms with Gasteiger partial charge in [0.2, 0.25) is 25.6 Å².